The van der Waals surface area contributed by atoms with Crippen molar-refractivity contribution in [3.05, 3.63) is 36.0 Å². The van der Waals surface area contributed by atoms with Crippen LogP contribution in [0, 0.1) is 5.92 Å². The zero-order valence-electron chi connectivity index (χ0n) is 13.1. The van der Waals surface area contributed by atoms with Crippen LogP contribution >= 0.6 is 0 Å². The van der Waals surface area contributed by atoms with Gasteiger partial charge in [-0.15, -0.1) is 0 Å². The Balaban J connectivity index is 2.20. The smallest absolute Gasteiger partial charge is 0.120 e. The highest BCUT2D eigenvalue weighted by Crippen LogP contribution is 2.48. The van der Waals surface area contributed by atoms with E-state index in [4.69, 9.17) is 0 Å². The summed E-state index contributed by atoms with van der Waals surface area (Å²) in [7, 11) is 2.11. The van der Waals surface area contributed by atoms with Gasteiger partial charge in [0.1, 0.15) is 6.29 Å². The fourth-order valence-electron chi connectivity index (χ4n) is 4.49. The van der Waals surface area contributed by atoms with Crippen molar-refractivity contribution in [2.45, 2.75) is 50.9 Å². The average molecular weight is 283 g/mol. The van der Waals surface area contributed by atoms with Crippen LogP contribution < -0.4 is 0 Å². The Labute approximate surface area is 127 Å². The first kappa shape index (κ1) is 14.4. The van der Waals surface area contributed by atoms with Gasteiger partial charge in [0.15, 0.2) is 0 Å². The van der Waals surface area contributed by atoms with Gasteiger partial charge in [-0.2, -0.15) is 0 Å². The molecule has 21 heavy (non-hydrogen) atoms. The normalized spacial score (nSPS) is 19.0. The van der Waals surface area contributed by atoms with Crippen molar-refractivity contribution in [1.82, 2.24) is 4.57 Å². The van der Waals surface area contributed by atoms with Crippen LogP contribution in [0.3, 0.4) is 0 Å². The maximum atomic E-state index is 11.4. The van der Waals surface area contributed by atoms with Gasteiger partial charge >= 0.3 is 0 Å². The van der Waals surface area contributed by atoms with Gasteiger partial charge in [-0.25, -0.2) is 0 Å². The summed E-state index contributed by atoms with van der Waals surface area (Å²) in [6, 6.07) is 8.60. The third-order valence-corrected chi connectivity index (χ3v) is 5.65. The van der Waals surface area contributed by atoms with Crippen LogP contribution in [0.4, 0.5) is 0 Å². The quantitative estimate of drug-likeness (QED) is 0.735. The van der Waals surface area contributed by atoms with Crippen molar-refractivity contribution in [3.8, 4) is 0 Å². The molecular formula is C19H25NO. The van der Waals surface area contributed by atoms with Crippen LogP contribution in [0.1, 0.15) is 51.0 Å². The van der Waals surface area contributed by atoms with Gasteiger partial charge in [0.05, 0.1) is 0 Å². The number of benzene rings is 1. The molecular weight excluding hydrogens is 258 g/mol. The Morgan fingerprint density at radius 3 is 2.67 bits per heavy atom. The van der Waals surface area contributed by atoms with E-state index in [0.29, 0.717) is 12.3 Å². The minimum absolute atomic E-state index is 0.0269. The SMILES string of the molecule is CC[C@](CC=O)(c1cn(C)c2ccccc12)C1CCCC1. The highest BCUT2D eigenvalue weighted by Gasteiger charge is 2.41. The molecule has 0 aliphatic heterocycles. The maximum Gasteiger partial charge on any atom is 0.120 e. The van der Waals surface area contributed by atoms with Crippen LogP contribution in [0.25, 0.3) is 10.9 Å². The summed E-state index contributed by atoms with van der Waals surface area (Å²) in [5.41, 5.74) is 2.69. The second kappa shape index (κ2) is 5.67. The molecule has 0 amide bonds. The standard InChI is InChI=1S/C19H25NO/c1-3-19(12-13-21,15-8-4-5-9-15)17-14-20(2)18-11-7-6-10-16(17)18/h6-7,10-11,13-15H,3-5,8-9,12H2,1-2H3/t19-/m1/s1. The first-order chi connectivity index (χ1) is 10.2. The number of hydrogen-bond donors (Lipinski definition) is 0. The molecule has 0 spiro atoms. The number of carbonyl (C=O) groups excluding carboxylic acids is 1. The Morgan fingerprint density at radius 1 is 1.29 bits per heavy atom. The molecule has 2 aromatic rings. The van der Waals surface area contributed by atoms with Crippen molar-refractivity contribution < 1.29 is 4.79 Å². The fourth-order valence-corrected chi connectivity index (χ4v) is 4.49. The number of aldehydes is 1. The average Bonchev–Trinajstić information content (AvgIpc) is 3.15. The van der Waals surface area contributed by atoms with Gasteiger partial charge in [-0.1, -0.05) is 38.0 Å². The van der Waals surface area contributed by atoms with Crippen molar-refractivity contribution in [1.29, 1.82) is 0 Å². The van der Waals surface area contributed by atoms with E-state index >= 15 is 0 Å². The van der Waals surface area contributed by atoms with E-state index in [2.05, 4.69) is 49.0 Å². The van der Waals surface area contributed by atoms with Crippen LogP contribution in [-0.2, 0) is 17.3 Å². The minimum Gasteiger partial charge on any atom is -0.350 e. The molecule has 1 aromatic carbocycles. The molecule has 112 valence electrons. The third-order valence-electron chi connectivity index (χ3n) is 5.65. The zero-order chi connectivity index (χ0) is 14.9. The number of rotatable bonds is 5. The third kappa shape index (κ3) is 2.21. The minimum atomic E-state index is 0.0269. The second-order valence-electron chi connectivity index (χ2n) is 6.53. The lowest BCUT2D eigenvalue weighted by Gasteiger charge is -2.37. The summed E-state index contributed by atoms with van der Waals surface area (Å²) < 4.78 is 2.22. The zero-order valence-corrected chi connectivity index (χ0v) is 13.1. The fraction of sp³-hybridized carbons (Fsp3) is 0.526. The molecule has 1 fully saturated rings. The molecule has 0 unspecified atom stereocenters. The lowest BCUT2D eigenvalue weighted by molar-refractivity contribution is -0.109. The van der Waals surface area contributed by atoms with E-state index in [-0.39, 0.29) is 5.41 Å². The van der Waals surface area contributed by atoms with E-state index in [1.165, 1.54) is 42.1 Å². The van der Waals surface area contributed by atoms with E-state index in [1.807, 2.05) is 0 Å². The Hall–Kier alpha value is -1.57. The molecule has 1 atom stereocenters. The van der Waals surface area contributed by atoms with E-state index in [9.17, 15) is 4.79 Å². The highest BCUT2D eigenvalue weighted by atomic mass is 16.1. The molecule has 0 N–H and O–H groups in total. The predicted molar refractivity (Wildman–Crippen MR) is 87.5 cm³/mol. The number of carbonyl (C=O) groups is 1. The van der Waals surface area contributed by atoms with Gasteiger partial charge in [0.2, 0.25) is 0 Å². The van der Waals surface area contributed by atoms with Crippen LogP contribution in [0.2, 0.25) is 0 Å². The topological polar surface area (TPSA) is 22.0 Å². The van der Waals surface area contributed by atoms with Gasteiger partial charge in [-0.05, 0) is 36.8 Å². The molecule has 2 heteroatoms. The van der Waals surface area contributed by atoms with Crippen LogP contribution in [0.5, 0.6) is 0 Å². The molecule has 1 aliphatic rings. The van der Waals surface area contributed by atoms with Crippen molar-refractivity contribution in [3.63, 3.8) is 0 Å². The Kier molecular flexibility index (Phi) is 3.88. The first-order valence-electron chi connectivity index (χ1n) is 8.21. The summed E-state index contributed by atoms with van der Waals surface area (Å²) in [6.45, 7) is 2.25. The largest absolute Gasteiger partial charge is 0.350 e. The monoisotopic (exact) mass is 283 g/mol. The van der Waals surface area contributed by atoms with Crippen LogP contribution in [0.15, 0.2) is 30.5 Å². The number of aromatic nitrogens is 1. The predicted octanol–water partition coefficient (Wildman–Crippen LogP) is 4.61. The highest BCUT2D eigenvalue weighted by molar-refractivity contribution is 5.85. The van der Waals surface area contributed by atoms with Crippen molar-refractivity contribution in [2.75, 3.05) is 0 Å². The van der Waals surface area contributed by atoms with Gasteiger partial charge < -0.3 is 9.36 Å². The molecule has 0 radical (unpaired) electrons. The Bertz CT molecular complexity index is 636. The summed E-state index contributed by atoms with van der Waals surface area (Å²) in [5, 5.41) is 1.33. The van der Waals surface area contributed by atoms with E-state index in [1.54, 1.807) is 0 Å². The lowest BCUT2D eigenvalue weighted by Crippen LogP contribution is -2.34. The molecule has 3 rings (SSSR count). The molecule has 1 aromatic heterocycles. The number of para-hydroxylation sites is 1. The van der Waals surface area contributed by atoms with Crippen molar-refractivity contribution in [2.24, 2.45) is 13.0 Å². The van der Waals surface area contributed by atoms with E-state index in [0.717, 1.165) is 12.7 Å². The van der Waals surface area contributed by atoms with Gasteiger partial charge in [-0.3, -0.25) is 0 Å². The summed E-state index contributed by atoms with van der Waals surface area (Å²) in [6.07, 6.45) is 10.3. The Morgan fingerprint density at radius 2 is 2.00 bits per heavy atom. The van der Waals surface area contributed by atoms with Gasteiger partial charge in [0, 0.05) is 36.0 Å². The number of aryl methyl sites for hydroxylation is 1. The van der Waals surface area contributed by atoms with Crippen LogP contribution in [-0.4, -0.2) is 10.9 Å². The summed E-state index contributed by atoms with van der Waals surface area (Å²) >= 11 is 0. The van der Waals surface area contributed by atoms with E-state index < -0.39 is 0 Å². The molecule has 1 saturated carbocycles. The maximum absolute atomic E-state index is 11.4. The van der Waals surface area contributed by atoms with Crippen molar-refractivity contribution >= 4 is 17.2 Å². The summed E-state index contributed by atoms with van der Waals surface area (Å²) in [4.78, 5) is 11.4. The number of fused-ring (bicyclic) bond motifs is 1. The summed E-state index contributed by atoms with van der Waals surface area (Å²) in [5.74, 6) is 0.651. The molecule has 0 saturated heterocycles. The molecule has 1 aliphatic carbocycles. The van der Waals surface area contributed by atoms with Gasteiger partial charge in [0.25, 0.3) is 0 Å². The molecule has 0 bridgehead atoms. The lowest BCUT2D eigenvalue weighted by atomic mass is 9.66. The first-order valence-corrected chi connectivity index (χ1v) is 8.21. The molecule has 1 heterocycles. The number of nitrogens with zero attached hydrogens (tertiary/aromatic N) is 1. The second-order valence-corrected chi connectivity index (χ2v) is 6.53. The molecule has 2 nitrogen and oxygen atoms in total. The number of hydrogen-bond acceptors (Lipinski definition) is 1.